The summed E-state index contributed by atoms with van der Waals surface area (Å²) in [5, 5.41) is 0. The van der Waals surface area contributed by atoms with Crippen LogP contribution in [0.25, 0.3) is 0 Å². The topological polar surface area (TPSA) is 38.7 Å². The summed E-state index contributed by atoms with van der Waals surface area (Å²) in [6, 6.07) is 0. The molecule has 1 heterocycles. The minimum atomic E-state index is -0.416. The van der Waals surface area contributed by atoms with E-state index in [0.29, 0.717) is 6.61 Å². The van der Waals surface area contributed by atoms with Crippen LogP contribution < -0.4 is 0 Å². The molecule has 1 rings (SSSR count). The molecule has 1 aliphatic heterocycles. The highest BCUT2D eigenvalue weighted by atomic mass is 32.2. The van der Waals surface area contributed by atoms with Crippen molar-refractivity contribution in [3.8, 4) is 0 Å². The van der Waals surface area contributed by atoms with Gasteiger partial charge in [-0.2, -0.15) is 0 Å². The van der Waals surface area contributed by atoms with Crippen LogP contribution in [0.2, 0.25) is 0 Å². The maximum Gasteiger partial charge on any atom is 0.316 e. The quantitative estimate of drug-likeness (QED) is 0.672. The first-order chi connectivity index (χ1) is 6.64. The van der Waals surface area contributed by atoms with Gasteiger partial charge in [0.05, 0.1) is 6.61 Å². The van der Waals surface area contributed by atoms with E-state index >= 15 is 0 Å². The molecule has 0 saturated carbocycles. The molecule has 0 spiro atoms. The zero-order valence-electron chi connectivity index (χ0n) is 8.69. The Morgan fingerprint density at radius 3 is 3.00 bits per heavy atom. The number of dihydropyridines is 1. The third kappa shape index (κ3) is 2.18. The van der Waals surface area contributed by atoms with E-state index in [4.69, 9.17) is 4.74 Å². The average molecular weight is 213 g/mol. The van der Waals surface area contributed by atoms with Gasteiger partial charge >= 0.3 is 5.97 Å². The highest BCUT2D eigenvalue weighted by Crippen LogP contribution is 2.35. The summed E-state index contributed by atoms with van der Waals surface area (Å²) in [4.78, 5) is 15.5. The van der Waals surface area contributed by atoms with Gasteiger partial charge in [-0.25, -0.2) is 0 Å². The van der Waals surface area contributed by atoms with Crippen molar-refractivity contribution in [3.05, 3.63) is 12.2 Å². The lowest BCUT2D eigenvalue weighted by molar-refractivity contribution is -0.147. The van der Waals surface area contributed by atoms with Crippen molar-refractivity contribution in [2.45, 2.75) is 18.7 Å². The van der Waals surface area contributed by atoms with E-state index < -0.39 is 4.87 Å². The van der Waals surface area contributed by atoms with E-state index in [0.717, 1.165) is 0 Å². The Balaban J connectivity index is 2.80. The van der Waals surface area contributed by atoms with Gasteiger partial charge in [-0.1, -0.05) is 6.08 Å². The molecule has 0 aliphatic carbocycles. The normalized spacial score (nSPS) is 30.4. The molecule has 0 saturated heterocycles. The van der Waals surface area contributed by atoms with Gasteiger partial charge in [0.2, 0.25) is 0 Å². The van der Waals surface area contributed by atoms with E-state index in [1.807, 2.05) is 26.2 Å². The Labute approximate surface area is 88.6 Å². The third-order valence-electron chi connectivity index (χ3n) is 2.25. The zero-order chi connectivity index (χ0) is 10.6. The predicted molar refractivity (Wildman–Crippen MR) is 59.7 cm³/mol. The molecular formula is C10H15NO2S. The molecule has 4 heteroatoms. The minimum absolute atomic E-state index is 0.197. The van der Waals surface area contributed by atoms with Crippen molar-refractivity contribution in [2.75, 3.05) is 12.9 Å². The fourth-order valence-electron chi connectivity index (χ4n) is 1.32. The Hall–Kier alpha value is -0.770. The van der Waals surface area contributed by atoms with Crippen molar-refractivity contribution in [1.82, 2.24) is 0 Å². The molecule has 2 atom stereocenters. The second-order valence-electron chi connectivity index (χ2n) is 3.15. The zero-order valence-corrected chi connectivity index (χ0v) is 9.50. The fraction of sp³-hybridized carbons (Fsp3) is 0.600. The number of esters is 1. The molecule has 0 fully saturated rings. The smallest absolute Gasteiger partial charge is 0.316 e. The van der Waals surface area contributed by atoms with Crippen LogP contribution in [-0.4, -0.2) is 29.9 Å². The van der Waals surface area contributed by atoms with Crippen LogP contribution in [0.4, 0.5) is 0 Å². The van der Waals surface area contributed by atoms with Crippen LogP contribution in [0, 0.1) is 5.92 Å². The molecule has 0 aromatic carbocycles. The van der Waals surface area contributed by atoms with Crippen LogP contribution >= 0.6 is 11.8 Å². The van der Waals surface area contributed by atoms with Gasteiger partial charge in [0.1, 0.15) is 10.8 Å². The summed E-state index contributed by atoms with van der Waals surface area (Å²) in [5.74, 6) is -0.472. The van der Waals surface area contributed by atoms with Gasteiger partial charge in [-0.3, -0.25) is 9.79 Å². The Bertz CT molecular complexity index is 275. The number of hydrogen-bond acceptors (Lipinski definition) is 4. The Morgan fingerprint density at radius 2 is 2.43 bits per heavy atom. The Morgan fingerprint density at radius 1 is 1.71 bits per heavy atom. The van der Waals surface area contributed by atoms with Gasteiger partial charge in [0.25, 0.3) is 0 Å². The lowest BCUT2D eigenvalue weighted by atomic mass is 9.99. The maximum absolute atomic E-state index is 11.6. The maximum atomic E-state index is 11.6. The summed E-state index contributed by atoms with van der Waals surface area (Å²) >= 11 is 1.56. The van der Waals surface area contributed by atoms with E-state index in [1.54, 1.807) is 24.1 Å². The SMILES string of the molecule is CCOC(=O)C1C=CC=NC1(C)SC. The van der Waals surface area contributed by atoms with E-state index in [-0.39, 0.29) is 11.9 Å². The fourth-order valence-corrected chi connectivity index (χ4v) is 1.91. The predicted octanol–water partition coefficient (Wildman–Crippen LogP) is 1.89. The molecule has 78 valence electrons. The third-order valence-corrected chi connectivity index (χ3v) is 3.44. The number of ether oxygens (including phenoxy) is 1. The molecule has 0 N–H and O–H groups in total. The molecule has 0 radical (unpaired) electrons. The number of nitrogens with zero attached hydrogens (tertiary/aromatic N) is 1. The van der Waals surface area contributed by atoms with Gasteiger partial charge < -0.3 is 4.74 Å². The number of aliphatic imine (C=N–C) groups is 1. The monoisotopic (exact) mass is 213 g/mol. The molecule has 0 aromatic rings. The lowest BCUT2D eigenvalue weighted by Gasteiger charge is -2.30. The molecular weight excluding hydrogens is 198 g/mol. The van der Waals surface area contributed by atoms with Crippen molar-refractivity contribution < 1.29 is 9.53 Å². The van der Waals surface area contributed by atoms with E-state index in [9.17, 15) is 4.79 Å². The molecule has 0 amide bonds. The first-order valence-corrected chi connectivity index (χ1v) is 5.80. The number of carbonyl (C=O) groups excluding carboxylic acids is 1. The highest BCUT2D eigenvalue weighted by Gasteiger charge is 2.38. The summed E-state index contributed by atoms with van der Waals surface area (Å²) in [5.41, 5.74) is 0. The standard InChI is InChI=1S/C10H15NO2S/c1-4-13-9(12)8-6-5-7-11-10(8,2)14-3/h5-8H,4H2,1-3H3. The largest absolute Gasteiger partial charge is 0.465 e. The molecule has 0 bridgehead atoms. The van der Waals surface area contributed by atoms with Crippen LogP contribution in [0.1, 0.15) is 13.8 Å². The number of rotatable bonds is 3. The summed E-state index contributed by atoms with van der Waals surface area (Å²) in [6.07, 6.45) is 7.32. The van der Waals surface area contributed by atoms with Crippen molar-refractivity contribution in [3.63, 3.8) is 0 Å². The van der Waals surface area contributed by atoms with Gasteiger partial charge in [0, 0.05) is 6.21 Å². The van der Waals surface area contributed by atoms with E-state index in [1.165, 1.54) is 0 Å². The van der Waals surface area contributed by atoms with Crippen LogP contribution in [0.15, 0.2) is 17.1 Å². The van der Waals surface area contributed by atoms with Crippen LogP contribution in [-0.2, 0) is 9.53 Å². The summed E-state index contributed by atoms with van der Waals surface area (Å²) in [7, 11) is 0. The molecule has 2 unspecified atom stereocenters. The Kier molecular flexibility index (Phi) is 3.75. The number of hydrogen-bond donors (Lipinski definition) is 0. The van der Waals surface area contributed by atoms with Gasteiger partial charge in [-0.15, -0.1) is 11.8 Å². The molecule has 0 aromatic heterocycles. The highest BCUT2D eigenvalue weighted by molar-refractivity contribution is 8.00. The van der Waals surface area contributed by atoms with Crippen molar-refractivity contribution in [2.24, 2.45) is 10.9 Å². The van der Waals surface area contributed by atoms with Crippen LogP contribution in [0.3, 0.4) is 0 Å². The summed E-state index contributed by atoms with van der Waals surface area (Å²) in [6.45, 7) is 4.17. The van der Waals surface area contributed by atoms with Gasteiger partial charge in [0.15, 0.2) is 0 Å². The van der Waals surface area contributed by atoms with Crippen LogP contribution in [0.5, 0.6) is 0 Å². The van der Waals surface area contributed by atoms with E-state index in [2.05, 4.69) is 4.99 Å². The number of carbonyl (C=O) groups is 1. The summed E-state index contributed by atoms with van der Waals surface area (Å²) < 4.78 is 5.00. The second-order valence-corrected chi connectivity index (χ2v) is 4.39. The van der Waals surface area contributed by atoms with Crippen molar-refractivity contribution in [1.29, 1.82) is 0 Å². The number of allylic oxidation sites excluding steroid dienone is 1. The lowest BCUT2D eigenvalue weighted by Crippen LogP contribution is -2.36. The molecule has 14 heavy (non-hydrogen) atoms. The molecule has 3 nitrogen and oxygen atoms in total. The first-order valence-electron chi connectivity index (χ1n) is 4.58. The molecule has 1 aliphatic rings. The first kappa shape index (κ1) is 11.3. The van der Waals surface area contributed by atoms with Gasteiger partial charge in [-0.05, 0) is 26.2 Å². The minimum Gasteiger partial charge on any atom is -0.465 e. The van der Waals surface area contributed by atoms with Crippen molar-refractivity contribution >= 4 is 23.9 Å². The average Bonchev–Trinajstić information content (AvgIpc) is 2.19. The number of thioether (sulfide) groups is 1. The second kappa shape index (κ2) is 4.64.